The Morgan fingerprint density at radius 1 is 0.700 bits per heavy atom. The van der Waals surface area contributed by atoms with Gasteiger partial charge in [-0.15, -0.1) is 0 Å². The Bertz CT molecular complexity index is 346. The monoisotopic (exact) mass is 291 g/mol. The first-order valence-corrected chi connectivity index (χ1v) is 5.83. The van der Waals surface area contributed by atoms with Crippen LogP contribution in [0.5, 0.6) is 0 Å². The number of hydrogen-bond donors (Lipinski definition) is 5. The van der Waals surface area contributed by atoms with Crippen molar-refractivity contribution < 1.29 is 39.6 Å². The predicted octanol–water partition coefficient (Wildman–Crippen LogP) is 0.587. The van der Waals surface area contributed by atoms with Crippen LogP contribution in [0.4, 0.5) is 4.79 Å². The minimum atomic E-state index is -1.45. The number of amides is 1. The Kier molecular flexibility index (Phi) is 7.05. The summed E-state index contributed by atoms with van der Waals surface area (Å²) in [4.78, 5) is 42.6. The van der Waals surface area contributed by atoms with Crippen LogP contribution >= 0.6 is 0 Å². The lowest BCUT2D eigenvalue weighted by Gasteiger charge is -2.32. The van der Waals surface area contributed by atoms with Gasteiger partial charge < -0.3 is 25.7 Å². The number of carbonyl (C=O) groups is 4. The van der Waals surface area contributed by atoms with Crippen molar-refractivity contribution in [3.05, 3.63) is 0 Å². The average molecular weight is 291 g/mol. The van der Waals surface area contributed by atoms with E-state index < -0.39 is 29.5 Å². The summed E-state index contributed by atoms with van der Waals surface area (Å²) in [6.45, 7) is 0. The molecular formula is C11H17NO8. The third-order valence-electron chi connectivity index (χ3n) is 2.82. The summed E-state index contributed by atoms with van der Waals surface area (Å²) in [5.74, 6) is -3.52. The maximum atomic E-state index is 10.8. The molecule has 0 aromatic rings. The highest BCUT2D eigenvalue weighted by molar-refractivity contribution is 5.70. The lowest BCUT2D eigenvalue weighted by atomic mass is 9.83. The summed E-state index contributed by atoms with van der Waals surface area (Å²) < 4.78 is 0. The standard InChI is InChI=1S/C11H17NO8/c13-7(14)1-4-11(12-10(19)20,5-2-8(15)16)6-3-9(17)18/h12H,1-6H2,(H,13,14)(H,15,16)(H,17,18)(H,19,20). The summed E-state index contributed by atoms with van der Waals surface area (Å²) in [7, 11) is 0. The summed E-state index contributed by atoms with van der Waals surface area (Å²) in [5.41, 5.74) is -1.37. The zero-order valence-corrected chi connectivity index (χ0v) is 10.7. The lowest BCUT2D eigenvalue weighted by molar-refractivity contribution is -0.137. The minimum Gasteiger partial charge on any atom is -0.481 e. The molecule has 9 nitrogen and oxygen atoms in total. The van der Waals surface area contributed by atoms with Crippen molar-refractivity contribution in [2.45, 2.75) is 44.1 Å². The molecule has 0 aliphatic carbocycles. The quantitative estimate of drug-likeness (QED) is 0.390. The number of nitrogens with one attached hydrogen (secondary N) is 1. The van der Waals surface area contributed by atoms with Gasteiger partial charge in [-0.3, -0.25) is 14.4 Å². The summed E-state index contributed by atoms with van der Waals surface area (Å²) >= 11 is 0. The molecule has 0 aliphatic rings. The Morgan fingerprint density at radius 3 is 1.20 bits per heavy atom. The maximum Gasteiger partial charge on any atom is 0.405 e. The number of hydrogen-bond acceptors (Lipinski definition) is 4. The molecule has 0 spiro atoms. The second-order valence-electron chi connectivity index (χ2n) is 4.39. The summed E-state index contributed by atoms with van der Waals surface area (Å²) in [5, 5.41) is 36.9. The van der Waals surface area contributed by atoms with E-state index in [-0.39, 0.29) is 38.5 Å². The van der Waals surface area contributed by atoms with E-state index in [1.165, 1.54) is 0 Å². The molecule has 0 atom stereocenters. The first-order valence-electron chi connectivity index (χ1n) is 5.83. The fourth-order valence-electron chi connectivity index (χ4n) is 1.83. The van der Waals surface area contributed by atoms with Gasteiger partial charge in [0, 0.05) is 24.8 Å². The van der Waals surface area contributed by atoms with Crippen LogP contribution in [0.15, 0.2) is 0 Å². The van der Waals surface area contributed by atoms with Crippen LogP contribution in [0.25, 0.3) is 0 Å². The predicted molar refractivity (Wildman–Crippen MR) is 64.5 cm³/mol. The topological polar surface area (TPSA) is 161 Å². The first kappa shape index (κ1) is 17.7. The van der Waals surface area contributed by atoms with E-state index in [0.717, 1.165) is 0 Å². The number of rotatable bonds is 10. The van der Waals surface area contributed by atoms with Gasteiger partial charge in [0.25, 0.3) is 0 Å². The Labute approximate surface area is 114 Å². The van der Waals surface area contributed by atoms with Crippen molar-refractivity contribution in [3.8, 4) is 0 Å². The molecule has 114 valence electrons. The molecule has 0 aliphatic heterocycles. The third-order valence-corrected chi connectivity index (χ3v) is 2.82. The summed E-state index contributed by atoms with van der Waals surface area (Å²) in [6, 6.07) is 0. The fraction of sp³-hybridized carbons (Fsp3) is 0.636. The van der Waals surface area contributed by atoms with Crippen LogP contribution in [0.3, 0.4) is 0 Å². The van der Waals surface area contributed by atoms with Crippen molar-refractivity contribution in [1.82, 2.24) is 5.32 Å². The van der Waals surface area contributed by atoms with E-state index in [4.69, 9.17) is 20.4 Å². The molecule has 0 unspecified atom stereocenters. The molecule has 0 saturated carbocycles. The van der Waals surface area contributed by atoms with Gasteiger partial charge in [0.05, 0.1) is 0 Å². The molecule has 0 radical (unpaired) electrons. The van der Waals surface area contributed by atoms with Gasteiger partial charge >= 0.3 is 24.0 Å². The molecule has 0 aromatic carbocycles. The molecule has 0 heterocycles. The molecule has 0 aromatic heterocycles. The van der Waals surface area contributed by atoms with Gasteiger partial charge in [-0.2, -0.15) is 0 Å². The molecule has 0 bridgehead atoms. The summed E-state index contributed by atoms with van der Waals surface area (Å²) in [6.07, 6.45) is -3.14. The molecular weight excluding hydrogens is 274 g/mol. The highest BCUT2D eigenvalue weighted by atomic mass is 16.4. The second kappa shape index (κ2) is 7.97. The van der Waals surface area contributed by atoms with E-state index in [2.05, 4.69) is 5.32 Å². The minimum absolute atomic E-state index is 0.171. The zero-order valence-electron chi connectivity index (χ0n) is 10.7. The highest BCUT2D eigenvalue weighted by Gasteiger charge is 2.33. The zero-order chi connectivity index (χ0) is 15.8. The van der Waals surface area contributed by atoms with Crippen molar-refractivity contribution >= 4 is 24.0 Å². The van der Waals surface area contributed by atoms with Crippen LogP contribution < -0.4 is 5.32 Å². The lowest BCUT2D eigenvalue weighted by Crippen LogP contribution is -2.49. The van der Waals surface area contributed by atoms with E-state index in [0.29, 0.717) is 0 Å². The van der Waals surface area contributed by atoms with E-state index in [1.807, 2.05) is 0 Å². The van der Waals surface area contributed by atoms with E-state index in [9.17, 15) is 19.2 Å². The van der Waals surface area contributed by atoms with Crippen molar-refractivity contribution in [3.63, 3.8) is 0 Å². The van der Waals surface area contributed by atoms with Crippen LogP contribution in [0.2, 0.25) is 0 Å². The smallest absolute Gasteiger partial charge is 0.405 e. The van der Waals surface area contributed by atoms with Gasteiger partial charge in [-0.05, 0) is 19.3 Å². The Hall–Kier alpha value is -2.32. The first-order chi connectivity index (χ1) is 9.17. The number of carboxylic acid groups (broad SMARTS) is 4. The van der Waals surface area contributed by atoms with Crippen LogP contribution in [0, 0.1) is 0 Å². The molecule has 0 saturated heterocycles. The maximum absolute atomic E-state index is 10.8. The van der Waals surface area contributed by atoms with Crippen molar-refractivity contribution in [2.75, 3.05) is 0 Å². The highest BCUT2D eigenvalue weighted by Crippen LogP contribution is 2.26. The molecule has 9 heteroatoms. The van der Waals surface area contributed by atoms with E-state index in [1.54, 1.807) is 0 Å². The molecule has 5 N–H and O–H groups in total. The number of carboxylic acids is 3. The number of aliphatic carboxylic acids is 3. The molecule has 20 heavy (non-hydrogen) atoms. The largest absolute Gasteiger partial charge is 0.481 e. The van der Waals surface area contributed by atoms with Gasteiger partial charge in [-0.1, -0.05) is 0 Å². The van der Waals surface area contributed by atoms with Gasteiger partial charge in [0.1, 0.15) is 0 Å². The van der Waals surface area contributed by atoms with Crippen molar-refractivity contribution in [1.29, 1.82) is 0 Å². The van der Waals surface area contributed by atoms with E-state index >= 15 is 0 Å². The van der Waals surface area contributed by atoms with Crippen LogP contribution in [-0.4, -0.2) is 50.0 Å². The third kappa shape index (κ3) is 7.90. The average Bonchev–Trinajstić information content (AvgIpc) is 2.30. The molecule has 0 rings (SSSR count). The van der Waals surface area contributed by atoms with Crippen molar-refractivity contribution in [2.24, 2.45) is 0 Å². The van der Waals surface area contributed by atoms with Crippen LogP contribution in [-0.2, 0) is 14.4 Å². The fourth-order valence-corrected chi connectivity index (χ4v) is 1.83. The van der Waals surface area contributed by atoms with Gasteiger partial charge in [0.15, 0.2) is 0 Å². The molecule has 0 fully saturated rings. The van der Waals surface area contributed by atoms with Gasteiger partial charge in [0.2, 0.25) is 0 Å². The second-order valence-corrected chi connectivity index (χ2v) is 4.39. The molecule has 1 amide bonds. The SMILES string of the molecule is O=C(O)CCC(CCC(=O)O)(CCC(=O)O)NC(=O)O. The normalized spacial score (nSPS) is 10.8. The Balaban J connectivity index is 5.02. The van der Waals surface area contributed by atoms with Gasteiger partial charge in [-0.25, -0.2) is 4.79 Å². The van der Waals surface area contributed by atoms with Crippen LogP contribution in [0.1, 0.15) is 38.5 Å². The Morgan fingerprint density at radius 2 is 1.00 bits per heavy atom.